The van der Waals surface area contributed by atoms with E-state index >= 15 is 8.78 Å². The van der Waals surface area contributed by atoms with Gasteiger partial charge in [-0.2, -0.15) is 0 Å². The Kier molecular flexibility index (Phi) is 5.90. The molecule has 0 radical (unpaired) electrons. The summed E-state index contributed by atoms with van der Waals surface area (Å²) in [6.07, 6.45) is 0.754. The molecule has 0 heterocycles. The molecule has 3 N–H and O–H groups in total. The number of allylic oxidation sites excluding steroid dienone is 4. The number of hydrogen-bond acceptors (Lipinski definition) is 7. The van der Waals surface area contributed by atoms with Crippen molar-refractivity contribution in [1.82, 2.24) is 5.48 Å². The van der Waals surface area contributed by atoms with Gasteiger partial charge in [0.05, 0.1) is 6.10 Å². The fraction of sp³-hybridized carbons (Fsp3) is 0.708. The highest BCUT2D eigenvalue weighted by atomic mass is 19.1. The highest BCUT2D eigenvalue weighted by Gasteiger charge is 2.73. The first-order chi connectivity index (χ1) is 15.4. The van der Waals surface area contributed by atoms with Crippen LogP contribution in [0.15, 0.2) is 23.8 Å². The fourth-order valence-electron chi connectivity index (χ4n) is 7.60. The number of hydroxylamine groups is 1. The number of nitrogens with one attached hydrogen (secondary N) is 1. The van der Waals surface area contributed by atoms with Gasteiger partial charge in [-0.25, -0.2) is 14.3 Å². The number of esters is 1. The average Bonchev–Trinajstić information content (AvgIpc) is 3.02. The van der Waals surface area contributed by atoms with Crippen molar-refractivity contribution < 1.29 is 38.2 Å². The van der Waals surface area contributed by atoms with Crippen LogP contribution in [0.4, 0.5) is 8.78 Å². The Balaban J connectivity index is 1.77. The minimum Gasteiger partial charge on any atom is -0.458 e. The average molecular weight is 468 g/mol. The summed E-state index contributed by atoms with van der Waals surface area (Å²) in [7, 11) is 0. The number of ether oxygens (including phenoxy) is 1. The van der Waals surface area contributed by atoms with Crippen LogP contribution in [0.5, 0.6) is 0 Å². The lowest BCUT2D eigenvalue weighted by Crippen LogP contribution is -2.68. The first kappa shape index (κ1) is 24.2. The summed E-state index contributed by atoms with van der Waals surface area (Å²) in [6.45, 7) is 4.12. The van der Waals surface area contributed by atoms with E-state index in [-0.39, 0.29) is 30.7 Å². The van der Waals surface area contributed by atoms with Crippen LogP contribution in [0.1, 0.15) is 40.0 Å². The summed E-state index contributed by atoms with van der Waals surface area (Å²) in [4.78, 5) is 36.3. The monoisotopic (exact) mass is 467 g/mol. The van der Waals surface area contributed by atoms with Crippen molar-refractivity contribution >= 4 is 17.5 Å². The second kappa shape index (κ2) is 8.06. The van der Waals surface area contributed by atoms with E-state index in [9.17, 15) is 24.7 Å². The number of alkyl halides is 2. The molecule has 4 aliphatic rings. The van der Waals surface area contributed by atoms with Crippen molar-refractivity contribution in [1.29, 1.82) is 0 Å². The molecule has 4 aliphatic carbocycles. The zero-order chi connectivity index (χ0) is 24.3. The van der Waals surface area contributed by atoms with Crippen LogP contribution >= 0.6 is 0 Å². The van der Waals surface area contributed by atoms with Crippen LogP contribution in [-0.2, 0) is 19.1 Å². The highest BCUT2D eigenvalue weighted by Crippen LogP contribution is 2.70. The number of ketones is 2. The molecule has 0 amide bonds. The number of aliphatic hydroxyl groups is 1. The smallest absolute Gasteiger partial charge is 0.303 e. The third kappa shape index (κ3) is 3.34. The van der Waals surface area contributed by atoms with Gasteiger partial charge in [-0.1, -0.05) is 13.0 Å². The maximum Gasteiger partial charge on any atom is 0.303 e. The largest absolute Gasteiger partial charge is 0.458 e. The molecule has 3 saturated carbocycles. The maximum absolute atomic E-state index is 17.1. The number of carbonyl (C=O) groups is 3. The van der Waals surface area contributed by atoms with E-state index in [1.54, 1.807) is 6.92 Å². The molecule has 0 aromatic rings. The van der Waals surface area contributed by atoms with Crippen molar-refractivity contribution in [3.63, 3.8) is 0 Å². The van der Waals surface area contributed by atoms with E-state index in [1.807, 2.05) is 0 Å². The van der Waals surface area contributed by atoms with Crippen molar-refractivity contribution in [2.75, 3.05) is 13.2 Å². The highest BCUT2D eigenvalue weighted by molar-refractivity contribution is 6.01. The van der Waals surface area contributed by atoms with Gasteiger partial charge in [0.25, 0.3) is 0 Å². The summed E-state index contributed by atoms with van der Waals surface area (Å²) in [5.41, 5.74) is -2.46. The van der Waals surface area contributed by atoms with Crippen LogP contribution in [0.2, 0.25) is 0 Å². The Morgan fingerprint density at radius 2 is 1.97 bits per heavy atom. The molecule has 3 fully saturated rings. The van der Waals surface area contributed by atoms with Gasteiger partial charge in [0, 0.05) is 30.7 Å². The minimum atomic E-state index is -2.23. The number of carbonyl (C=O) groups excluding carboxylic acids is 3. The zero-order valence-corrected chi connectivity index (χ0v) is 19.0. The minimum absolute atomic E-state index is 0.0467. The van der Waals surface area contributed by atoms with Crippen molar-refractivity contribution in [3.05, 3.63) is 23.8 Å². The third-order valence-electron chi connectivity index (χ3n) is 8.92. The summed E-state index contributed by atoms with van der Waals surface area (Å²) in [5.74, 6) is -3.87. The van der Waals surface area contributed by atoms with E-state index in [0.717, 1.165) is 6.08 Å². The Morgan fingerprint density at radius 3 is 2.61 bits per heavy atom. The van der Waals surface area contributed by atoms with E-state index in [1.165, 1.54) is 26.0 Å². The van der Waals surface area contributed by atoms with E-state index in [0.29, 0.717) is 6.42 Å². The molecular formula is C24H31F2NO6. The number of aliphatic hydroxyl groups excluding tert-OH is 1. The Hall–Kier alpha value is -1.97. The Bertz CT molecular complexity index is 936. The number of fused-ring (bicyclic) bond motifs is 5. The predicted molar refractivity (Wildman–Crippen MR) is 112 cm³/mol. The Labute approximate surface area is 191 Å². The standard InChI is InChI=1S/C24H31F2NO6/c1-12(28)33-11-19(30)21-13(10-27-32)6-15-16-8-18(25)17-7-14(29)4-5-23(17,3)24(16,26)20(31)9-22(15,21)2/h4-5,7,13,15-16,18,20-21,27,31-32H,6,8-11H2,1-3H3/t13-,15?,16?,18-,20?,21?,22?,23?,24-/m0/s1. The number of rotatable bonds is 5. The van der Waals surface area contributed by atoms with Gasteiger partial charge in [-0.3, -0.25) is 14.4 Å². The Morgan fingerprint density at radius 1 is 1.27 bits per heavy atom. The molecule has 0 saturated heterocycles. The topological polar surface area (TPSA) is 113 Å². The predicted octanol–water partition coefficient (Wildman–Crippen LogP) is 2.26. The van der Waals surface area contributed by atoms with Crippen LogP contribution in [0.3, 0.4) is 0 Å². The van der Waals surface area contributed by atoms with Gasteiger partial charge >= 0.3 is 5.97 Å². The summed E-state index contributed by atoms with van der Waals surface area (Å²) < 4.78 is 37.4. The van der Waals surface area contributed by atoms with Gasteiger partial charge in [0.1, 0.15) is 12.8 Å². The molecule has 182 valence electrons. The molecule has 33 heavy (non-hydrogen) atoms. The molecule has 6 unspecified atom stereocenters. The van der Waals surface area contributed by atoms with Gasteiger partial charge in [0.15, 0.2) is 17.2 Å². The SMILES string of the molecule is CC(=O)OCC(=O)C1[C@H](CNO)CC2C3C[C@H](F)C4=CC(=O)C=CC4(C)[C@@]3(F)C(O)CC21C. The summed E-state index contributed by atoms with van der Waals surface area (Å²) in [5, 5.41) is 20.6. The normalized spacial score (nSPS) is 46.2. The van der Waals surface area contributed by atoms with Gasteiger partial charge in [-0.15, -0.1) is 0 Å². The van der Waals surface area contributed by atoms with Crippen molar-refractivity contribution in [2.45, 2.75) is 58.0 Å². The van der Waals surface area contributed by atoms with Gasteiger partial charge in [0.2, 0.25) is 0 Å². The lowest BCUT2D eigenvalue weighted by molar-refractivity contribution is -0.202. The van der Waals surface area contributed by atoms with Crippen LogP contribution in [-0.4, -0.2) is 58.9 Å². The van der Waals surface area contributed by atoms with Gasteiger partial charge < -0.3 is 15.1 Å². The van der Waals surface area contributed by atoms with Crippen molar-refractivity contribution in [2.24, 2.45) is 34.5 Å². The molecule has 9 atom stereocenters. The second-order valence-electron chi connectivity index (χ2n) is 10.5. The van der Waals surface area contributed by atoms with Crippen LogP contribution in [0, 0.1) is 34.5 Å². The van der Waals surface area contributed by atoms with Gasteiger partial charge in [-0.05, 0) is 61.2 Å². The van der Waals surface area contributed by atoms with Crippen molar-refractivity contribution in [3.8, 4) is 0 Å². The molecule has 0 bridgehead atoms. The fourth-order valence-corrected chi connectivity index (χ4v) is 7.60. The molecule has 9 heteroatoms. The number of halogens is 2. The summed E-state index contributed by atoms with van der Waals surface area (Å²) >= 11 is 0. The first-order valence-corrected chi connectivity index (χ1v) is 11.4. The molecule has 7 nitrogen and oxygen atoms in total. The number of Topliss-reactive ketones (excluding diaryl/α,β-unsaturated/α-hetero) is 1. The maximum atomic E-state index is 17.1. The molecule has 4 rings (SSSR count). The quantitative estimate of drug-likeness (QED) is 0.420. The lowest BCUT2D eigenvalue weighted by atomic mass is 9.45. The second-order valence-corrected chi connectivity index (χ2v) is 10.5. The molecular weight excluding hydrogens is 436 g/mol. The molecule has 0 aliphatic heterocycles. The van der Waals surface area contributed by atoms with Crippen LogP contribution < -0.4 is 5.48 Å². The lowest BCUT2D eigenvalue weighted by Gasteiger charge is -2.62. The van der Waals surface area contributed by atoms with Crippen LogP contribution in [0.25, 0.3) is 0 Å². The van der Waals surface area contributed by atoms with E-state index in [2.05, 4.69) is 5.48 Å². The van der Waals surface area contributed by atoms with E-state index < -0.39 is 70.8 Å². The first-order valence-electron chi connectivity index (χ1n) is 11.4. The van der Waals surface area contributed by atoms with E-state index in [4.69, 9.17) is 4.74 Å². The zero-order valence-electron chi connectivity index (χ0n) is 19.0. The molecule has 0 spiro atoms. The molecule has 0 aromatic heterocycles. The third-order valence-corrected chi connectivity index (χ3v) is 8.92. The summed E-state index contributed by atoms with van der Waals surface area (Å²) in [6, 6.07) is 0. The number of hydrogen-bond donors (Lipinski definition) is 3. The molecule has 0 aromatic carbocycles.